The van der Waals surface area contributed by atoms with Gasteiger partial charge >= 0.3 is 0 Å². The molecule has 2 aromatic carbocycles. The van der Waals surface area contributed by atoms with Crippen molar-refractivity contribution in [1.82, 2.24) is 0 Å². The van der Waals surface area contributed by atoms with Gasteiger partial charge in [-0.15, -0.1) is 11.8 Å². The number of halogens is 1. The van der Waals surface area contributed by atoms with Crippen molar-refractivity contribution in [1.29, 1.82) is 0 Å². The Hall–Kier alpha value is -2.01. The quantitative estimate of drug-likeness (QED) is 0.808. The summed E-state index contributed by atoms with van der Waals surface area (Å²) in [7, 11) is 1.56. The Kier molecular flexibility index (Phi) is 5.83. The first-order valence-corrected chi connectivity index (χ1v) is 7.90. The lowest BCUT2D eigenvalue weighted by Crippen LogP contribution is -2.13. The Balaban J connectivity index is 1.88. The monoisotopic (exact) mass is 319 g/mol. The largest absolute Gasteiger partial charge is 0.495 e. The molecular formula is C17H18FNO2S. The summed E-state index contributed by atoms with van der Waals surface area (Å²) in [5, 5.41) is 2.83. The second-order valence-corrected chi connectivity index (χ2v) is 5.92. The van der Waals surface area contributed by atoms with Crippen LogP contribution < -0.4 is 10.1 Å². The van der Waals surface area contributed by atoms with Crippen molar-refractivity contribution in [3.63, 3.8) is 0 Å². The summed E-state index contributed by atoms with van der Waals surface area (Å²) in [6.45, 7) is 1.95. The number of ether oxygens (including phenoxy) is 1. The molecule has 0 heterocycles. The van der Waals surface area contributed by atoms with Crippen LogP contribution in [-0.4, -0.2) is 18.8 Å². The lowest BCUT2D eigenvalue weighted by atomic mass is 10.2. The highest BCUT2D eigenvalue weighted by Crippen LogP contribution is 2.26. The lowest BCUT2D eigenvalue weighted by Gasteiger charge is -2.11. The normalized spacial score (nSPS) is 10.3. The standard InChI is InChI=1S/C17H18FNO2S/c1-12-7-8-15(21-2)14(11-12)19-17(20)9-10-22-16-6-4-3-5-13(16)18/h3-8,11H,9-10H2,1-2H3,(H,19,20). The molecule has 0 saturated heterocycles. The van der Waals surface area contributed by atoms with Crippen LogP contribution in [0.5, 0.6) is 5.75 Å². The minimum Gasteiger partial charge on any atom is -0.495 e. The molecule has 22 heavy (non-hydrogen) atoms. The number of thioether (sulfide) groups is 1. The maximum Gasteiger partial charge on any atom is 0.225 e. The molecule has 0 saturated carbocycles. The van der Waals surface area contributed by atoms with Gasteiger partial charge in [-0.3, -0.25) is 4.79 Å². The van der Waals surface area contributed by atoms with E-state index in [0.717, 1.165) is 5.56 Å². The smallest absolute Gasteiger partial charge is 0.225 e. The molecule has 2 rings (SSSR count). The Morgan fingerprint density at radius 2 is 2.05 bits per heavy atom. The number of rotatable bonds is 6. The summed E-state index contributed by atoms with van der Waals surface area (Å²) in [5.41, 5.74) is 1.69. The minimum atomic E-state index is -0.256. The molecule has 5 heteroatoms. The number of methoxy groups -OCH3 is 1. The average molecular weight is 319 g/mol. The molecule has 0 aliphatic carbocycles. The summed E-state index contributed by atoms with van der Waals surface area (Å²) in [6, 6.07) is 12.2. The first-order chi connectivity index (χ1) is 10.6. The molecule has 0 aliphatic rings. The van der Waals surface area contributed by atoms with E-state index in [-0.39, 0.29) is 11.7 Å². The Morgan fingerprint density at radius 1 is 1.27 bits per heavy atom. The van der Waals surface area contributed by atoms with Crippen molar-refractivity contribution in [2.24, 2.45) is 0 Å². The zero-order valence-corrected chi connectivity index (χ0v) is 13.4. The van der Waals surface area contributed by atoms with E-state index in [0.29, 0.717) is 28.5 Å². The van der Waals surface area contributed by atoms with Gasteiger partial charge in [0.15, 0.2) is 0 Å². The maximum absolute atomic E-state index is 13.5. The van der Waals surface area contributed by atoms with E-state index >= 15 is 0 Å². The van der Waals surface area contributed by atoms with Gasteiger partial charge in [-0.2, -0.15) is 0 Å². The highest BCUT2D eigenvalue weighted by molar-refractivity contribution is 7.99. The van der Waals surface area contributed by atoms with Gasteiger partial charge in [0.05, 0.1) is 12.8 Å². The number of benzene rings is 2. The third-order valence-electron chi connectivity index (χ3n) is 3.05. The van der Waals surface area contributed by atoms with E-state index in [4.69, 9.17) is 4.74 Å². The Morgan fingerprint density at radius 3 is 2.77 bits per heavy atom. The van der Waals surface area contributed by atoms with Crippen LogP contribution in [0, 0.1) is 12.7 Å². The molecule has 1 amide bonds. The number of amides is 1. The van der Waals surface area contributed by atoms with Crippen LogP contribution in [0.3, 0.4) is 0 Å². The second-order valence-electron chi connectivity index (χ2n) is 4.78. The van der Waals surface area contributed by atoms with Gasteiger partial charge in [0.1, 0.15) is 11.6 Å². The average Bonchev–Trinajstić information content (AvgIpc) is 2.49. The van der Waals surface area contributed by atoms with Crippen LogP contribution in [0.4, 0.5) is 10.1 Å². The first kappa shape index (κ1) is 16.4. The highest BCUT2D eigenvalue weighted by Gasteiger charge is 2.09. The third kappa shape index (κ3) is 4.49. The molecule has 0 aromatic heterocycles. The van der Waals surface area contributed by atoms with E-state index < -0.39 is 0 Å². The summed E-state index contributed by atoms with van der Waals surface area (Å²) < 4.78 is 18.7. The molecule has 0 radical (unpaired) electrons. The SMILES string of the molecule is COc1ccc(C)cc1NC(=O)CCSc1ccccc1F. The predicted octanol–water partition coefficient (Wildman–Crippen LogP) is 4.26. The number of nitrogens with one attached hydrogen (secondary N) is 1. The van der Waals surface area contributed by atoms with Crippen LogP contribution in [0.25, 0.3) is 0 Å². The molecule has 0 atom stereocenters. The zero-order valence-electron chi connectivity index (χ0n) is 12.6. The first-order valence-electron chi connectivity index (χ1n) is 6.92. The Labute approximate surface area is 133 Å². The molecule has 0 spiro atoms. The Bertz CT molecular complexity index is 661. The lowest BCUT2D eigenvalue weighted by molar-refractivity contribution is -0.115. The summed E-state index contributed by atoms with van der Waals surface area (Å²) in [4.78, 5) is 12.6. The molecular weight excluding hydrogens is 301 g/mol. The van der Waals surface area contributed by atoms with Crippen molar-refractivity contribution in [2.75, 3.05) is 18.2 Å². The van der Waals surface area contributed by atoms with Crippen molar-refractivity contribution in [2.45, 2.75) is 18.2 Å². The maximum atomic E-state index is 13.5. The van der Waals surface area contributed by atoms with Gasteiger partial charge in [-0.1, -0.05) is 18.2 Å². The molecule has 0 unspecified atom stereocenters. The number of hydrogen-bond donors (Lipinski definition) is 1. The topological polar surface area (TPSA) is 38.3 Å². The van der Waals surface area contributed by atoms with Crippen molar-refractivity contribution in [3.8, 4) is 5.75 Å². The van der Waals surface area contributed by atoms with Gasteiger partial charge in [0.2, 0.25) is 5.91 Å². The molecule has 2 aromatic rings. The number of carbonyl (C=O) groups is 1. The van der Waals surface area contributed by atoms with E-state index in [1.807, 2.05) is 25.1 Å². The zero-order chi connectivity index (χ0) is 15.9. The van der Waals surface area contributed by atoms with Crippen LogP contribution in [-0.2, 0) is 4.79 Å². The van der Waals surface area contributed by atoms with Crippen molar-refractivity contribution >= 4 is 23.4 Å². The third-order valence-corrected chi connectivity index (χ3v) is 4.10. The van der Waals surface area contributed by atoms with Crippen molar-refractivity contribution < 1.29 is 13.9 Å². The van der Waals surface area contributed by atoms with Crippen LogP contribution in [0.15, 0.2) is 47.4 Å². The van der Waals surface area contributed by atoms with E-state index in [2.05, 4.69) is 5.32 Å². The predicted molar refractivity (Wildman–Crippen MR) is 88.1 cm³/mol. The van der Waals surface area contributed by atoms with Gasteiger partial charge in [-0.25, -0.2) is 4.39 Å². The fourth-order valence-electron chi connectivity index (χ4n) is 1.95. The number of anilines is 1. The van der Waals surface area contributed by atoms with Gasteiger partial charge in [0.25, 0.3) is 0 Å². The van der Waals surface area contributed by atoms with E-state index in [1.165, 1.54) is 17.8 Å². The molecule has 0 bridgehead atoms. The highest BCUT2D eigenvalue weighted by atomic mass is 32.2. The summed E-state index contributed by atoms with van der Waals surface area (Å²) >= 11 is 1.33. The number of hydrogen-bond acceptors (Lipinski definition) is 3. The number of carbonyl (C=O) groups excluding carboxylic acids is 1. The fraction of sp³-hybridized carbons (Fsp3) is 0.235. The molecule has 3 nitrogen and oxygen atoms in total. The molecule has 116 valence electrons. The fourth-order valence-corrected chi connectivity index (χ4v) is 2.84. The van der Waals surface area contributed by atoms with E-state index in [9.17, 15) is 9.18 Å². The minimum absolute atomic E-state index is 0.118. The number of aryl methyl sites for hydroxylation is 1. The van der Waals surface area contributed by atoms with Crippen LogP contribution in [0.1, 0.15) is 12.0 Å². The van der Waals surface area contributed by atoms with Crippen LogP contribution in [0.2, 0.25) is 0 Å². The summed E-state index contributed by atoms with van der Waals surface area (Å²) in [5.74, 6) is 0.766. The summed E-state index contributed by atoms with van der Waals surface area (Å²) in [6.07, 6.45) is 0.302. The van der Waals surface area contributed by atoms with Gasteiger partial charge in [0, 0.05) is 17.1 Å². The van der Waals surface area contributed by atoms with Gasteiger partial charge < -0.3 is 10.1 Å². The van der Waals surface area contributed by atoms with Crippen molar-refractivity contribution in [3.05, 3.63) is 53.8 Å². The van der Waals surface area contributed by atoms with E-state index in [1.54, 1.807) is 25.3 Å². The van der Waals surface area contributed by atoms with Crippen LogP contribution >= 0.6 is 11.8 Å². The molecule has 1 N–H and O–H groups in total. The molecule has 0 fully saturated rings. The second kappa shape index (κ2) is 7.84. The molecule has 0 aliphatic heterocycles. The van der Waals surface area contributed by atoms with Gasteiger partial charge in [-0.05, 0) is 36.8 Å².